The lowest BCUT2D eigenvalue weighted by Gasteiger charge is -2.30. The summed E-state index contributed by atoms with van der Waals surface area (Å²) in [7, 11) is 0. The van der Waals surface area contributed by atoms with Crippen LogP contribution in [0.5, 0.6) is 0 Å². The fraction of sp³-hybridized carbons (Fsp3) is 0.240. The largest absolute Gasteiger partial charge is 0.450 e. The molecule has 0 unspecified atom stereocenters. The number of aromatic nitrogens is 1. The number of anilines is 2. The molecule has 7 nitrogen and oxygen atoms in total. The highest BCUT2D eigenvalue weighted by Crippen LogP contribution is 2.28. The van der Waals surface area contributed by atoms with Gasteiger partial charge in [0.05, 0.1) is 31.0 Å². The Labute approximate surface area is 186 Å². The molecule has 0 spiro atoms. The first-order valence-electron chi connectivity index (χ1n) is 10.6. The predicted molar refractivity (Wildman–Crippen MR) is 125 cm³/mol. The Bertz CT molecular complexity index is 1140. The average molecular weight is 431 g/mol. The van der Waals surface area contributed by atoms with E-state index in [0.29, 0.717) is 31.1 Å². The van der Waals surface area contributed by atoms with Crippen LogP contribution in [0, 0.1) is 0 Å². The van der Waals surface area contributed by atoms with Crippen LogP contribution in [0.4, 0.5) is 16.2 Å². The van der Waals surface area contributed by atoms with Gasteiger partial charge in [-0.15, -0.1) is 0 Å². The molecule has 0 saturated carbocycles. The van der Waals surface area contributed by atoms with Crippen molar-refractivity contribution in [2.75, 3.05) is 43.1 Å². The first-order chi connectivity index (χ1) is 15.6. The topological polar surface area (TPSA) is 80.8 Å². The Balaban J connectivity index is 1.53. The van der Waals surface area contributed by atoms with Crippen LogP contribution in [0.1, 0.15) is 23.0 Å². The number of para-hydroxylation sites is 1. The lowest BCUT2D eigenvalue weighted by molar-refractivity contribution is 0.104. The number of morpholine rings is 1. The highest BCUT2D eigenvalue weighted by atomic mass is 16.5. The first kappa shape index (κ1) is 21.5. The number of amides is 1. The van der Waals surface area contributed by atoms with Crippen LogP contribution in [0.3, 0.4) is 0 Å². The van der Waals surface area contributed by atoms with Crippen LogP contribution in [0.15, 0.2) is 60.7 Å². The maximum atomic E-state index is 12.7. The Kier molecular flexibility index (Phi) is 6.77. The number of ketones is 1. The molecule has 1 aromatic heterocycles. The number of fused-ring (bicyclic) bond motifs is 1. The van der Waals surface area contributed by atoms with Gasteiger partial charge in [-0.2, -0.15) is 0 Å². The van der Waals surface area contributed by atoms with Crippen molar-refractivity contribution < 1.29 is 19.1 Å². The van der Waals surface area contributed by atoms with Crippen LogP contribution < -0.4 is 10.2 Å². The molecule has 1 fully saturated rings. The summed E-state index contributed by atoms with van der Waals surface area (Å²) in [6, 6.07) is 16.7. The Morgan fingerprint density at radius 2 is 1.88 bits per heavy atom. The van der Waals surface area contributed by atoms with Gasteiger partial charge in [-0.1, -0.05) is 18.2 Å². The van der Waals surface area contributed by atoms with Gasteiger partial charge in [0.15, 0.2) is 5.78 Å². The summed E-state index contributed by atoms with van der Waals surface area (Å²) in [5, 5.41) is 3.69. The molecule has 7 heteroatoms. The van der Waals surface area contributed by atoms with Crippen molar-refractivity contribution in [3.63, 3.8) is 0 Å². The summed E-state index contributed by atoms with van der Waals surface area (Å²) in [6.07, 6.45) is 2.74. The van der Waals surface area contributed by atoms with E-state index in [0.717, 1.165) is 35.4 Å². The quantitative estimate of drug-likeness (QED) is 0.456. The van der Waals surface area contributed by atoms with Gasteiger partial charge in [-0.25, -0.2) is 9.78 Å². The van der Waals surface area contributed by atoms with Crippen LogP contribution in [0.25, 0.3) is 17.0 Å². The number of benzene rings is 2. The highest BCUT2D eigenvalue weighted by Gasteiger charge is 2.15. The summed E-state index contributed by atoms with van der Waals surface area (Å²) < 4.78 is 10.3. The standard InChI is InChI=1S/C25H25N3O4/c1-2-32-25(30)27-19-9-7-18(8-10-19)24(29)12-11-20-17-23(28-13-15-31-16-14-28)21-5-3-4-6-22(21)26-20/h3-12,17H,2,13-16H2,1H3,(H,27,30). The van der Waals surface area contributed by atoms with E-state index in [4.69, 9.17) is 14.5 Å². The number of carbonyl (C=O) groups excluding carboxylic acids is 2. The molecule has 2 heterocycles. The van der Waals surface area contributed by atoms with Crippen molar-refractivity contribution in [2.45, 2.75) is 6.92 Å². The molecule has 1 saturated heterocycles. The fourth-order valence-corrected chi connectivity index (χ4v) is 3.59. The number of allylic oxidation sites excluding steroid dienone is 1. The number of ether oxygens (including phenoxy) is 2. The molecule has 2 aromatic carbocycles. The zero-order chi connectivity index (χ0) is 22.3. The number of nitrogens with zero attached hydrogens (tertiary/aromatic N) is 2. The number of nitrogens with one attached hydrogen (secondary N) is 1. The molecule has 1 aliphatic rings. The van der Waals surface area contributed by atoms with Gasteiger partial charge in [-0.3, -0.25) is 10.1 Å². The molecule has 1 aliphatic heterocycles. The normalized spacial score (nSPS) is 14.0. The Hall–Kier alpha value is -3.71. The third-order valence-corrected chi connectivity index (χ3v) is 5.16. The Morgan fingerprint density at radius 1 is 1.12 bits per heavy atom. The van der Waals surface area contributed by atoms with Crippen molar-refractivity contribution in [3.8, 4) is 0 Å². The molecule has 3 aromatic rings. The minimum absolute atomic E-state index is 0.143. The Morgan fingerprint density at radius 3 is 2.62 bits per heavy atom. The van der Waals surface area contributed by atoms with Gasteiger partial charge in [0.1, 0.15) is 0 Å². The number of hydrogen-bond acceptors (Lipinski definition) is 6. The summed E-state index contributed by atoms with van der Waals surface area (Å²) >= 11 is 0. The van der Waals surface area contributed by atoms with E-state index in [2.05, 4.69) is 16.3 Å². The minimum Gasteiger partial charge on any atom is -0.450 e. The molecule has 1 N–H and O–H groups in total. The van der Waals surface area contributed by atoms with Crippen LogP contribution in [0.2, 0.25) is 0 Å². The summed E-state index contributed by atoms with van der Waals surface area (Å²) in [4.78, 5) is 31.1. The van der Waals surface area contributed by atoms with Gasteiger partial charge in [-0.05, 0) is 55.5 Å². The lowest BCUT2D eigenvalue weighted by Crippen LogP contribution is -2.36. The van der Waals surface area contributed by atoms with Gasteiger partial charge >= 0.3 is 6.09 Å². The third-order valence-electron chi connectivity index (χ3n) is 5.16. The molecule has 0 aliphatic carbocycles. The second kappa shape index (κ2) is 10.1. The molecule has 164 valence electrons. The van der Waals surface area contributed by atoms with Gasteiger partial charge < -0.3 is 14.4 Å². The average Bonchev–Trinajstić information content (AvgIpc) is 2.83. The second-order valence-corrected chi connectivity index (χ2v) is 7.30. The van der Waals surface area contributed by atoms with E-state index in [9.17, 15) is 9.59 Å². The summed E-state index contributed by atoms with van der Waals surface area (Å²) in [5.74, 6) is -0.143. The van der Waals surface area contributed by atoms with E-state index in [1.54, 1.807) is 37.3 Å². The smallest absolute Gasteiger partial charge is 0.411 e. The SMILES string of the molecule is CCOC(=O)Nc1ccc(C(=O)C=Cc2cc(N3CCOCC3)c3ccccc3n2)cc1. The number of hydrogen-bond donors (Lipinski definition) is 1. The van der Waals surface area contributed by atoms with E-state index in [1.807, 2.05) is 24.3 Å². The molecule has 32 heavy (non-hydrogen) atoms. The van der Waals surface area contributed by atoms with E-state index in [-0.39, 0.29) is 5.78 Å². The van der Waals surface area contributed by atoms with E-state index < -0.39 is 6.09 Å². The number of carbonyl (C=O) groups is 2. The number of rotatable bonds is 6. The van der Waals surface area contributed by atoms with Crippen LogP contribution >= 0.6 is 0 Å². The number of pyridine rings is 1. The van der Waals surface area contributed by atoms with Crippen molar-refractivity contribution >= 4 is 40.2 Å². The molecule has 0 bridgehead atoms. The molecule has 0 atom stereocenters. The predicted octanol–water partition coefficient (Wildman–Crippen LogP) is 4.54. The van der Waals surface area contributed by atoms with E-state index in [1.165, 1.54) is 6.08 Å². The third kappa shape index (κ3) is 5.12. The monoisotopic (exact) mass is 431 g/mol. The summed E-state index contributed by atoms with van der Waals surface area (Å²) in [5.41, 5.74) is 3.79. The maximum Gasteiger partial charge on any atom is 0.411 e. The first-order valence-corrected chi connectivity index (χ1v) is 10.6. The van der Waals surface area contributed by atoms with Crippen molar-refractivity contribution in [3.05, 3.63) is 71.9 Å². The zero-order valence-corrected chi connectivity index (χ0v) is 17.9. The molecule has 1 amide bonds. The molecule has 0 radical (unpaired) electrons. The minimum atomic E-state index is -0.523. The fourth-order valence-electron chi connectivity index (χ4n) is 3.59. The van der Waals surface area contributed by atoms with E-state index >= 15 is 0 Å². The highest BCUT2D eigenvalue weighted by molar-refractivity contribution is 6.07. The van der Waals surface area contributed by atoms with Crippen LogP contribution in [-0.2, 0) is 9.47 Å². The molecular weight excluding hydrogens is 406 g/mol. The zero-order valence-electron chi connectivity index (χ0n) is 17.9. The van der Waals surface area contributed by atoms with Gasteiger partial charge in [0.25, 0.3) is 0 Å². The van der Waals surface area contributed by atoms with Crippen molar-refractivity contribution in [1.82, 2.24) is 4.98 Å². The molecule has 4 rings (SSSR count). The molecular formula is C25H25N3O4. The van der Waals surface area contributed by atoms with Crippen LogP contribution in [-0.4, -0.2) is 49.8 Å². The van der Waals surface area contributed by atoms with Gasteiger partial charge in [0.2, 0.25) is 0 Å². The lowest BCUT2D eigenvalue weighted by atomic mass is 10.1. The van der Waals surface area contributed by atoms with Crippen molar-refractivity contribution in [2.24, 2.45) is 0 Å². The second-order valence-electron chi connectivity index (χ2n) is 7.30. The van der Waals surface area contributed by atoms with Crippen molar-refractivity contribution in [1.29, 1.82) is 0 Å². The summed E-state index contributed by atoms with van der Waals surface area (Å²) in [6.45, 7) is 5.07. The maximum absolute atomic E-state index is 12.7. The van der Waals surface area contributed by atoms with Gasteiger partial charge in [0, 0.05) is 35.4 Å².